The molecule has 0 spiro atoms. The van der Waals surface area contributed by atoms with Gasteiger partial charge in [-0.2, -0.15) is 0 Å². The van der Waals surface area contributed by atoms with Crippen LogP contribution in [0.1, 0.15) is 26.7 Å². The predicted octanol–water partition coefficient (Wildman–Crippen LogP) is 2.81. The quantitative estimate of drug-likeness (QED) is 0.565. The highest BCUT2D eigenvalue weighted by molar-refractivity contribution is 5.68. The van der Waals surface area contributed by atoms with Gasteiger partial charge in [0.05, 0.1) is 12.0 Å². The maximum atomic E-state index is 11.2. The summed E-state index contributed by atoms with van der Waals surface area (Å²) in [5.41, 5.74) is 0.346. The van der Waals surface area contributed by atoms with E-state index >= 15 is 0 Å². The van der Waals surface area contributed by atoms with Gasteiger partial charge in [0.2, 0.25) is 0 Å². The molecule has 2 N–H and O–H groups in total. The second kappa shape index (κ2) is 7.09. The van der Waals surface area contributed by atoms with Gasteiger partial charge in [-0.25, -0.2) is 0 Å². The third kappa shape index (κ3) is 4.38. The normalized spacial score (nSPS) is 11.2. The molecule has 0 radical (unpaired) electrons. The lowest BCUT2D eigenvalue weighted by molar-refractivity contribution is -0.384. The molecule has 6 heteroatoms. The SMILES string of the molecule is COc1cccc(NCC(C)(C)CCCO)c1[N+](=O)[O-]. The molecule has 1 aromatic rings. The highest BCUT2D eigenvalue weighted by atomic mass is 16.6. The van der Waals surface area contributed by atoms with Crippen LogP contribution in [0, 0.1) is 15.5 Å². The Morgan fingerprint density at radius 1 is 1.45 bits per heavy atom. The number of nitrogens with one attached hydrogen (secondary N) is 1. The summed E-state index contributed by atoms with van der Waals surface area (Å²) >= 11 is 0. The number of aliphatic hydroxyl groups is 1. The van der Waals surface area contributed by atoms with Crippen LogP contribution in [0.15, 0.2) is 18.2 Å². The van der Waals surface area contributed by atoms with Crippen molar-refractivity contribution >= 4 is 11.4 Å². The number of para-hydroxylation sites is 1. The number of benzene rings is 1. The van der Waals surface area contributed by atoms with Crippen LogP contribution in [0.2, 0.25) is 0 Å². The number of nitro benzene ring substituents is 1. The third-order valence-corrected chi connectivity index (χ3v) is 3.17. The van der Waals surface area contributed by atoms with Crippen LogP contribution in [0.3, 0.4) is 0 Å². The van der Waals surface area contributed by atoms with Crippen molar-refractivity contribution < 1.29 is 14.8 Å². The van der Waals surface area contributed by atoms with Crippen molar-refractivity contribution in [1.82, 2.24) is 0 Å². The van der Waals surface area contributed by atoms with E-state index in [2.05, 4.69) is 19.2 Å². The molecule has 0 unspecified atom stereocenters. The van der Waals surface area contributed by atoms with Crippen molar-refractivity contribution in [2.45, 2.75) is 26.7 Å². The molecule has 0 saturated carbocycles. The van der Waals surface area contributed by atoms with Crippen molar-refractivity contribution in [3.05, 3.63) is 28.3 Å². The van der Waals surface area contributed by atoms with Gasteiger partial charge in [0.25, 0.3) is 0 Å². The minimum Gasteiger partial charge on any atom is -0.490 e. The van der Waals surface area contributed by atoms with E-state index in [1.807, 2.05) is 0 Å². The maximum Gasteiger partial charge on any atom is 0.333 e. The molecule has 0 aliphatic heterocycles. The van der Waals surface area contributed by atoms with Crippen molar-refractivity contribution in [2.75, 3.05) is 25.6 Å². The van der Waals surface area contributed by atoms with Gasteiger partial charge >= 0.3 is 5.69 Å². The van der Waals surface area contributed by atoms with E-state index < -0.39 is 4.92 Å². The first-order valence-electron chi connectivity index (χ1n) is 6.57. The first kappa shape index (κ1) is 16.2. The fraction of sp³-hybridized carbons (Fsp3) is 0.571. The summed E-state index contributed by atoms with van der Waals surface area (Å²) in [4.78, 5) is 10.7. The van der Waals surface area contributed by atoms with Crippen LogP contribution in [0.25, 0.3) is 0 Å². The lowest BCUT2D eigenvalue weighted by Gasteiger charge is -2.25. The standard InChI is InChI=1S/C14H22N2O4/c1-14(2,8-5-9-17)10-15-11-6-4-7-12(20-3)13(11)16(18)19/h4,6-7,15,17H,5,8-10H2,1-3H3. The van der Waals surface area contributed by atoms with Crippen LogP contribution in [0.4, 0.5) is 11.4 Å². The molecule has 112 valence electrons. The molecule has 1 aromatic carbocycles. The average molecular weight is 282 g/mol. The average Bonchev–Trinajstić information content (AvgIpc) is 2.42. The number of anilines is 1. The first-order chi connectivity index (χ1) is 9.41. The lowest BCUT2D eigenvalue weighted by atomic mass is 9.88. The van der Waals surface area contributed by atoms with Gasteiger partial charge in [0.1, 0.15) is 5.69 Å². The zero-order valence-electron chi connectivity index (χ0n) is 12.2. The molecule has 0 amide bonds. The Balaban J connectivity index is 2.85. The highest BCUT2D eigenvalue weighted by Gasteiger charge is 2.23. The summed E-state index contributed by atoms with van der Waals surface area (Å²) in [6.07, 6.45) is 1.56. The fourth-order valence-corrected chi connectivity index (χ4v) is 2.00. The Morgan fingerprint density at radius 3 is 2.70 bits per heavy atom. The smallest absolute Gasteiger partial charge is 0.333 e. The number of aliphatic hydroxyl groups excluding tert-OH is 1. The molecule has 0 aliphatic carbocycles. The first-order valence-corrected chi connectivity index (χ1v) is 6.57. The summed E-state index contributed by atoms with van der Waals surface area (Å²) in [5, 5.41) is 23.1. The summed E-state index contributed by atoms with van der Waals surface area (Å²) in [7, 11) is 1.41. The van der Waals surface area contributed by atoms with Gasteiger partial charge in [-0.3, -0.25) is 10.1 Å². The number of rotatable bonds is 8. The maximum absolute atomic E-state index is 11.2. The molecule has 0 saturated heterocycles. The molecule has 0 atom stereocenters. The largest absolute Gasteiger partial charge is 0.490 e. The van der Waals surface area contributed by atoms with Crippen LogP contribution in [-0.2, 0) is 0 Å². The summed E-state index contributed by atoms with van der Waals surface area (Å²) < 4.78 is 5.03. The fourth-order valence-electron chi connectivity index (χ4n) is 2.00. The summed E-state index contributed by atoms with van der Waals surface area (Å²) in [5.74, 6) is 0.244. The van der Waals surface area contributed by atoms with E-state index in [1.54, 1.807) is 18.2 Å². The molecule has 0 bridgehead atoms. The Labute approximate surface area is 118 Å². The minimum atomic E-state index is -0.443. The number of hydrogen-bond acceptors (Lipinski definition) is 5. The van der Waals surface area contributed by atoms with E-state index in [9.17, 15) is 10.1 Å². The predicted molar refractivity (Wildman–Crippen MR) is 78.2 cm³/mol. The van der Waals surface area contributed by atoms with Crippen LogP contribution >= 0.6 is 0 Å². The molecule has 6 nitrogen and oxygen atoms in total. The lowest BCUT2D eigenvalue weighted by Crippen LogP contribution is -2.23. The Kier molecular flexibility index (Phi) is 5.76. The van der Waals surface area contributed by atoms with Gasteiger partial charge in [-0.05, 0) is 30.4 Å². The third-order valence-electron chi connectivity index (χ3n) is 3.17. The van der Waals surface area contributed by atoms with Gasteiger partial charge in [0.15, 0.2) is 5.75 Å². The van der Waals surface area contributed by atoms with E-state index in [1.165, 1.54) is 7.11 Å². The molecular weight excluding hydrogens is 260 g/mol. The van der Waals surface area contributed by atoms with E-state index in [4.69, 9.17) is 9.84 Å². The Bertz CT molecular complexity index is 460. The van der Waals surface area contributed by atoms with Crippen LogP contribution in [-0.4, -0.2) is 30.3 Å². The molecule has 0 heterocycles. The van der Waals surface area contributed by atoms with Crippen molar-refractivity contribution in [3.63, 3.8) is 0 Å². The number of ether oxygens (including phenoxy) is 1. The zero-order valence-corrected chi connectivity index (χ0v) is 12.2. The van der Waals surface area contributed by atoms with E-state index in [0.29, 0.717) is 12.2 Å². The molecule has 0 aromatic heterocycles. The van der Waals surface area contributed by atoms with E-state index in [0.717, 1.165) is 12.8 Å². The Morgan fingerprint density at radius 2 is 2.15 bits per heavy atom. The molecule has 0 aliphatic rings. The second-order valence-electron chi connectivity index (χ2n) is 5.46. The number of hydrogen-bond donors (Lipinski definition) is 2. The molecule has 20 heavy (non-hydrogen) atoms. The summed E-state index contributed by atoms with van der Waals surface area (Å²) in [6, 6.07) is 4.96. The zero-order chi connectivity index (χ0) is 15.2. The van der Waals surface area contributed by atoms with Gasteiger partial charge < -0.3 is 15.2 Å². The number of methoxy groups -OCH3 is 1. The molecule has 1 rings (SSSR count). The summed E-state index contributed by atoms with van der Waals surface area (Å²) in [6.45, 7) is 4.85. The van der Waals surface area contributed by atoms with E-state index in [-0.39, 0.29) is 23.5 Å². The van der Waals surface area contributed by atoms with Crippen LogP contribution < -0.4 is 10.1 Å². The molecule has 0 fully saturated rings. The highest BCUT2D eigenvalue weighted by Crippen LogP contribution is 2.35. The molecular formula is C14H22N2O4. The van der Waals surface area contributed by atoms with Gasteiger partial charge in [-0.15, -0.1) is 0 Å². The van der Waals surface area contributed by atoms with Crippen molar-refractivity contribution in [1.29, 1.82) is 0 Å². The van der Waals surface area contributed by atoms with Gasteiger partial charge in [0, 0.05) is 13.2 Å². The van der Waals surface area contributed by atoms with Crippen molar-refractivity contribution in [2.24, 2.45) is 5.41 Å². The minimum absolute atomic E-state index is 0.0482. The second-order valence-corrected chi connectivity index (χ2v) is 5.46. The monoisotopic (exact) mass is 282 g/mol. The number of nitro groups is 1. The van der Waals surface area contributed by atoms with Gasteiger partial charge in [-0.1, -0.05) is 19.9 Å². The Hall–Kier alpha value is -1.82. The number of nitrogens with zero attached hydrogens (tertiary/aromatic N) is 1. The topological polar surface area (TPSA) is 84.6 Å². The van der Waals surface area contributed by atoms with Crippen molar-refractivity contribution in [3.8, 4) is 5.75 Å². The van der Waals surface area contributed by atoms with Crippen LogP contribution in [0.5, 0.6) is 5.75 Å².